The van der Waals surface area contributed by atoms with Crippen LogP contribution in [0.2, 0.25) is 10.2 Å². The van der Waals surface area contributed by atoms with Crippen molar-refractivity contribution in [2.75, 3.05) is 5.32 Å². The van der Waals surface area contributed by atoms with Crippen LogP contribution in [0.3, 0.4) is 0 Å². The van der Waals surface area contributed by atoms with Crippen molar-refractivity contribution in [1.82, 2.24) is 15.2 Å². The van der Waals surface area contributed by atoms with Gasteiger partial charge in [-0.25, -0.2) is 4.98 Å². The fraction of sp³-hybridized carbons (Fsp3) is 0.188. The van der Waals surface area contributed by atoms with Gasteiger partial charge in [-0.3, -0.25) is 9.89 Å². The molecule has 6 nitrogen and oxygen atoms in total. The van der Waals surface area contributed by atoms with E-state index < -0.39 is 5.91 Å². The molecule has 0 bridgehead atoms. The van der Waals surface area contributed by atoms with E-state index in [0.29, 0.717) is 21.8 Å². The lowest BCUT2D eigenvalue weighted by atomic mass is 10.2. The fourth-order valence-corrected chi connectivity index (χ4v) is 2.60. The Kier molecular flexibility index (Phi) is 4.59. The number of halogens is 2. The predicted octanol–water partition coefficient (Wildman–Crippen LogP) is 4.30. The number of carbonyl (C=O) groups excluding carboxylic acids is 1. The van der Waals surface area contributed by atoms with E-state index in [1.807, 2.05) is 13.8 Å². The van der Waals surface area contributed by atoms with Gasteiger partial charge in [-0.05, 0) is 38.1 Å². The zero-order valence-electron chi connectivity index (χ0n) is 12.9. The van der Waals surface area contributed by atoms with Crippen LogP contribution in [0.4, 0.5) is 5.69 Å². The molecule has 0 unspecified atom stereocenters. The third kappa shape index (κ3) is 3.29. The highest BCUT2D eigenvalue weighted by Crippen LogP contribution is 2.31. The minimum Gasteiger partial charge on any atom is -0.489 e. The van der Waals surface area contributed by atoms with Gasteiger partial charge in [-0.1, -0.05) is 23.2 Å². The highest BCUT2D eigenvalue weighted by Gasteiger charge is 2.18. The zero-order valence-corrected chi connectivity index (χ0v) is 14.4. The number of H-pyrrole nitrogens is 1. The number of fused-ring (bicyclic) bond motifs is 1. The first kappa shape index (κ1) is 16.5. The first-order chi connectivity index (χ1) is 11.5. The molecule has 1 aromatic carbocycles. The Hall–Kier alpha value is -2.31. The van der Waals surface area contributed by atoms with Crippen molar-refractivity contribution < 1.29 is 9.53 Å². The molecular weight excluding hydrogens is 351 g/mol. The second-order valence-corrected chi connectivity index (χ2v) is 6.13. The quantitative estimate of drug-likeness (QED) is 0.676. The molecule has 124 valence electrons. The maximum atomic E-state index is 12.6. The molecule has 0 spiro atoms. The van der Waals surface area contributed by atoms with Crippen LogP contribution in [0.5, 0.6) is 5.75 Å². The van der Waals surface area contributed by atoms with E-state index in [-0.39, 0.29) is 17.0 Å². The van der Waals surface area contributed by atoms with Crippen molar-refractivity contribution in [2.45, 2.75) is 20.0 Å². The maximum absolute atomic E-state index is 12.6. The van der Waals surface area contributed by atoms with Gasteiger partial charge in [0, 0.05) is 5.39 Å². The molecule has 24 heavy (non-hydrogen) atoms. The minimum atomic E-state index is -0.460. The Morgan fingerprint density at radius 3 is 2.79 bits per heavy atom. The first-order valence-electron chi connectivity index (χ1n) is 7.22. The second-order valence-electron chi connectivity index (χ2n) is 5.36. The van der Waals surface area contributed by atoms with Gasteiger partial charge >= 0.3 is 0 Å². The van der Waals surface area contributed by atoms with Gasteiger partial charge in [0.05, 0.1) is 28.5 Å². The van der Waals surface area contributed by atoms with Crippen molar-refractivity contribution in [3.8, 4) is 5.75 Å². The van der Waals surface area contributed by atoms with E-state index >= 15 is 0 Å². The van der Waals surface area contributed by atoms with E-state index in [2.05, 4.69) is 20.5 Å². The number of benzene rings is 1. The van der Waals surface area contributed by atoms with Gasteiger partial charge in [-0.2, -0.15) is 5.10 Å². The number of carbonyl (C=O) groups is 1. The van der Waals surface area contributed by atoms with Crippen molar-refractivity contribution in [2.24, 2.45) is 0 Å². The highest BCUT2D eigenvalue weighted by atomic mass is 35.5. The molecular formula is C16H14Cl2N4O2. The minimum absolute atomic E-state index is 0.0968. The van der Waals surface area contributed by atoms with Crippen molar-refractivity contribution in [3.63, 3.8) is 0 Å². The third-order valence-corrected chi connectivity index (χ3v) is 3.83. The molecule has 0 atom stereocenters. The number of anilines is 1. The Labute approximate surface area is 148 Å². The molecule has 0 aliphatic heterocycles. The van der Waals surface area contributed by atoms with Gasteiger partial charge < -0.3 is 10.1 Å². The van der Waals surface area contributed by atoms with Crippen LogP contribution in [0.15, 0.2) is 30.5 Å². The summed E-state index contributed by atoms with van der Waals surface area (Å²) in [5, 5.41) is 10.8. The number of hydrogen-bond acceptors (Lipinski definition) is 4. The zero-order chi connectivity index (χ0) is 17.3. The third-order valence-electron chi connectivity index (χ3n) is 3.21. The fourth-order valence-electron chi connectivity index (χ4n) is 2.20. The highest BCUT2D eigenvalue weighted by molar-refractivity contribution is 6.38. The normalized spacial score (nSPS) is 11.0. The van der Waals surface area contributed by atoms with Crippen LogP contribution in [-0.4, -0.2) is 27.2 Å². The molecule has 0 saturated heterocycles. The summed E-state index contributed by atoms with van der Waals surface area (Å²) < 4.78 is 5.62. The maximum Gasteiger partial charge on any atom is 0.278 e. The van der Waals surface area contributed by atoms with Crippen LogP contribution in [0.25, 0.3) is 10.9 Å². The summed E-state index contributed by atoms with van der Waals surface area (Å²) >= 11 is 12.2. The van der Waals surface area contributed by atoms with Gasteiger partial charge in [0.1, 0.15) is 5.15 Å². The van der Waals surface area contributed by atoms with Crippen molar-refractivity contribution >= 4 is 45.7 Å². The summed E-state index contributed by atoms with van der Waals surface area (Å²) in [5.41, 5.74) is 1.33. The number of hydrogen-bond donors (Lipinski definition) is 2. The molecule has 8 heteroatoms. The first-order valence-corrected chi connectivity index (χ1v) is 7.97. The lowest BCUT2D eigenvalue weighted by molar-refractivity contribution is 0.101. The number of aromatic amines is 1. The van der Waals surface area contributed by atoms with E-state index in [1.54, 1.807) is 30.5 Å². The molecule has 0 radical (unpaired) electrons. The number of nitrogens with one attached hydrogen (secondary N) is 2. The molecule has 2 heterocycles. The molecule has 2 N–H and O–H groups in total. The molecule has 3 rings (SSSR count). The summed E-state index contributed by atoms with van der Waals surface area (Å²) in [6, 6.07) is 6.65. The SMILES string of the molecule is CC(C)Oc1ccc(Cl)nc1C(=O)Nc1ccc2[nH]ncc2c1Cl. The van der Waals surface area contributed by atoms with Gasteiger partial charge in [-0.15, -0.1) is 0 Å². The van der Waals surface area contributed by atoms with E-state index in [9.17, 15) is 4.79 Å². The van der Waals surface area contributed by atoms with Crippen LogP contribution in [0, 0.1) is 0 Å². The predicted molar refractivity (Wildman–Crippen MR) is 94.1 cm³/mol. The Morgan fingerprint density at radius 2 is 2.04 bits per heavy atom. The Morgan fingerprint density at radius 1 is 1.25 bits per heavy atom. The molecule has 3 aromatic rings. The largest absolute Gasteiger partial charge is 0.489 e. The summed E-state index contributed by atoms with van der Waals surface area (Å²) in [4.78, 5) is 16.7. The van der Waals surface area contributed by atoms with E-state index in [1.165, 1.54) is 0 Å². The van der Waals surface area contributed by atoms with Crippen LogP contribution >= 0.6 is 23.2 Å². The number of nitrogens with zero attached hydrogens (tertiary/aromatic N) is 2. The van der Waals surface area contributed by atoms with E-state index in [0.717, 1.165) is 5.52 Å². The van der Waals surface area contributed by atoms with Gasteiger partial charge in [0.25, 0.3) is 5.91 Å². The average molecular weight is 365 g/mol. The average Bonchev–Trinajstić information content (AvgIpc) is 3.00. The van der Waals surface area contributed by atoms with Crippen molar-refractivity contribution in [3.05, 3.63) is 46.3 Å². The number of rotatable bonds is 4. The number of ether oxygens (including phenoxy) is 1. The summed E-state index contributed by atoms with van der Waals surface area (Å²) in [5.74, 6) is -0.106. The Balaban J connectivity index is 1.94. The summed E-state index contributed by atoms with van der Waals surface area (Å²) in [6.45, 7) is 3.72. The molecule has 1 amide bonds. The molecule has 0 aliphatic rings. The summed E-state index contributed by atoms with van der Waals surface area (Å²) in [7, 11) is 0. The van der Waals surface area contributed by atoms with Crippen LogP contribution in [0.1, 0.15) is 24.3 Å². The van der Waals surface area contributed by atoms with Crippen LogP contribution < -0.4 is 10.1 Å². The number of aromatic nitrogens is 3. The molecule has 0 aliphatic carbocycles. The smallest absolute Gasteiger partial charge is 0.278 e. The molecule has 2 aromatic heterocycles. The van der Waals surface area contributed by atoms with Crippen molar-refractivity contribution in [1.29, 1.82) is 0 Å². The number of pyridine rings is 1. The topological polar surface area (TPSA) is 79.9 Å². The summed E-state index contributed by atoms with van der Waals surface area (Å²) in [6.07, 6.45) is 1.49. The van der Waals surface area contributed by atoms with Gasteiger partial charge in [0.15, 0.2) is 11.4 Å². The second kappa shape index (κ2) is 6.67. The lowest BCUT2D eigenvalue weighted by Crippen LogP contribution is -2.17. The van der Waals surface area contributed by atoms with Crippen LogP contribution in [-0.2, 0) is 0 Å². The standard InChI is InChI=1S/C16H14Cl2N4O2/c1-8(2)24-12-5-6-13(17)21-15(12)16(23)20-11-4-3-10-9(14(11)18)7-19-22-10/h3-8H,1-2H3,(H,19,22)(H,20,23). The number of amides is 1. The monoisotopic (exact) mass is 364 g/mol. The molecule has 0 saturated carbocycles. The Bertz CT molecular complexity index is 908. The lowest BCUT2D eigenvalue weighted by Gasteiger charge is -2.14. The van der Waals surface area contributed by atoms with Gasteiger partial charge in [0.2, 0.25) is 0 Å². The van der Waals surface area contributed by atoms with E-state index in [4.69, 9.17) is 27.9 Å². The molecule has 0 fully saturated rings.